The summed E-state index contributed by atoms with van der Waals surface area (Å²) in [6.07, 6.45) is 4.35. The van der Waals surface area contributed by atoms with Crippen LogP contribution >= 0.6 is 0 Å². The second-order valence-electron chi connectivity index (χ2n) is 6.23. The Morgan fingerprint density at radius 1 is 1.17 bits per heavy atom. The molecule has 0 bridgehead atoms. The number of hydrogen-bond acceptors (Lipinski definition) is 3. The smallest absolute Gasteiger partial charge is 0.253 e. The van der Waals surface area contributed by atoms with E-state index in [1.54, 1.807) is 11.9 Å². The standard InChI is InChI=1S/C18H27N3O2/c1-19-11-12-21(2)18(23)16-9-7-14(8-10-16)13-20-17(22)15-5-3-4-6-15/h7-10,15,19H,3-6,11-13H2,1-2H3,(H,20,22). The summed E-state index contributed by atoms with van der Waals surface area (Å²) in [5.41, 5.74) is 1.69. The van der Waals surface area contributed by atoms with Crippen molar-refractivity contribution in [1.29, 1.82) is 0 Å². The van der Waals surface area contributed by atoms with Gasteiger partial charge in [-0.15, -0.1) is 0 Å². The van der Waals surface area contributed by atoms with Crippen molar-refractivity contribution in [1.82, 2.24) is 15.5 Å². The summed E-state index contributed by atoms with van der Waals surface area (Å²) in [6, 6.07) is 7.48. The van der Waals surface area contributed by atoms with E-state index in [9.17, 15) is 9.59 Å². The molecule has 1 saturated carbocycles. The molecule has 0 saturated heterocycles. The number of hydrogen-bond donors (Lipinski definition) is 2. The van der Waals surface area contributed by atoms with Crippen molar-refractivity contribution in [2.24, 2.45) is 5.92 Å². The number of nitrogens with zero attached hydrogens (tertiary/aromatic N) is 1. The third-order valence-corrected chi connectivity index (χ3v) is 4.44. The summed E-state index contributed by atoms with van der Waals surface area (Å²) < 4.78 is 0. The topological polar surface area (TPSA) is 61.4 Å². The van der Waals surface area contributed by atoms with E-state index in [0.29, 0.717) is 18.7 Å². The van der Waals surface area contributed by atoms with Crippen molar-refractivity contribution in [3.05, 3.63) is 35.4 Å². The number of likely N-dealkylation sites (N-methyl/N-ethyl adjacent to an activating group) is 2. The zero-order chi connectivity index (χ0) is 16.7. The Balaban J connectivity index is 1.84. The van der Waals surface area contributed by atoms with E-state index in [0.717, 1.165) is 37.8 Å². The highest BCUT2D eigenvalue weighted by molar-refractivity contribution is 5.94. The Bertz CT molecular complexity index is 522. The van der Waals surface area contributed by atoms with E-state index in [1.807, 2.05) is 31.3 Å². The van der Waals surface area contributed by atoms with Gasteiger partial charge >= 0.3 is 0 Å². The highest BCUT2D eigenvalue weighted by atomic mass is 16.2. The fourth-order valence-electron chi connectivity index (χ4n) is 2.89. The van der Waals surface area contributed by atoms with Crippen molar-refractivity contribution < 1.29 is 9.59 Å². The summed E-state index contributed by atoms with van der Waals surface area (Å²) in [7, 11) is 3.67. The van der Waals surface area contributed by atoms with Crippen LogP contribution < -0.4 is 10.6 Å². The fraction of sp³-hybridized carbons (Fsp3) is 0.556. The van der Waals surface area contributed by atoms with Crippen LogP contribution in [-0.4, -0.2) is 43.9 Å². The van der Waals surface area contributed by atoms with E-state index in [-0.39, 0.29) is 17.7 Å². The van der Waals surface area contributed by atoms with Crippen LogP contribution in [0.1, 0.15) is 41.6 Å². The molecule has 1 aromatic carbocycles. The number of carbonyl (C=O) groups is 2. The zero-order valence-corrected chi connectivity index (χ0v) is 14.1. The van der Waals surface area contributed by atoms with Crippen LogP contribution in [-0.2, 0) is 11.3 Å². The molecule has 0 aromatic heterocycles. The third kappa shape index (κ3) is 5.06. The lowest BCUT2D eigenvalue weighted by Crippen LogP contribution is -2.32. The fourth-order valence-corrected chi connectivity index (χ4v) is 2.89. The first-order valence-corrected chi connectivity index (χ1v) is 8.38. The van der Waals surface area contributed by atoms with Crippen LogP contribution in [0.2, 0.25) is 0 Å². The van der Waals surface area contributed by atoms with E-state index >= 15 is 0 Å². The predicted molar refractivity (Wildman–Crippen MR) is 91.1 cm³/mol. The Labute approximate surface area is 138 Å². The molecule has 5 nitrogen and oxygen atoms in total. The van der Waals surface area contributed by atoms with Crippen molar-refractivity contribution >= 4 is 11.8 Å². The Morgan fingerprint density at radius 2 is 1.83 bits per heavy atom. The van der Waals surface area contributed by atoms with Gasteiger partial charge in [0.25, 0.3) is 5.91 Å². The highest BCUT2D eigenvalue weighted by Gasteiger charge is 2.22. The average Bonchev–Trinajstić information content (AvgIpc) is 3.12. The van der Waals surface area contributed by atoms with Gasteiger partial charge in [-0.1, -0.05) is 25.0 Å². The highest BCUT2D eigenvalue weighted by Crippen LogP contribution is 2.24. The summed E-state index contributed by atoms with van der Waals surface area (Å²) in [6.45, 7) is 1.97. The summed E-state index contributed by atoms with van der Waals surface area (Å²) >= 11 is 0. The van der Waals surface area contributed by atoms with Gasteiger partial charge in [-0.25, -0.2) is 0 Å². The molecule has 0 atom stereocenters. The first kappa shape index (κ1) is 17.5. The molecule has 1 aliphatic carbocycles. The van der Waals surface area contributed by atoms with Crippen LogP contribution in [0.4, 0.5) is 0 Å². The first-order valence-electron chi connectivity index (χ1n) is 8.38. The van der Waals surface area contributed by atoms with E-state index in [2.05, 4.69) is 10.6 Å². The van der Waals surface area contributed by atoms with Gasteiger partial charge < -0.3 is 15.5 Å². The van der Waals surface area contributed by atoms with Gasteiger partial charge in [0.1, 0.15) is 0 Å². The van der Waals surface area contributed by atoms with Crippen LogP contribution in [0.25, 0.3) is 0 Å². The Hall–Kier alpha value is -1.88. The maximum Gasteiger partial charge on any atom is 0.253 e. The average molecular weight is 317 g/mol. The molecule has 0 radical (unpaired) electrons. The van der Waals surface area contributed by atoms with Gasteiger partial charge in [0.05, 0.1) is 0 Å². The molecule has 1 fully saturated rings. The van der Waals surface area contributed by atoms with Gasteiger partial charge in [-0.3, -0.25) is 9.59 Å². The van der Waals surface area contributed by atoms with Crippen LogP contribution in [0.15, 0.2) is 24.3 Å². The number of benzene rings is 1. The summed E-state index contributed by atoms with van der Waals surface area (Å²) in [4.78, 5) is 25.9. The molecule has 2 rings (SSSR count). The van der Waals surface area contributed by atoms with Gasteiger partial charge in [0, 0.05) is 38.2 Å². The maximum absolute atomic E-state index is 12.2. The number of amides is 2. The molecule has 23 heavy (non-hydrogen) atoms. The second kappa shape index (κ2) is 8.67. The lowest BCUT2D eigenvalue weighted by molar-refractivity contribution is -0.124. The van der Waals surface area contributed by atoms with Crippen LogP contribution in [0, 0.1) is 5.92 Å². The van der Waals surface area contributed by atoms with Gasteiger partial charge in [-0.2, -0.15) is 0 Å². The van der Waals surface area contributed by atoms with Crippen molar-refractivity contribution in [3.63, 3.8) is 0 Å². The number of rotatable bonds is 7. The number of carbonyl (C=O) groups excluding carboxylic acids is 2. The second-order valence-corrected chi connectivity index (χ2v) is 6.23. The Kier molecular flexibility index (Phi) is 6.59. The molecule has 5 heteroatoms. The van der Waals surface area contributed by atoms with Crippen molar-refractivity contribution in [2.75, 3.05) is 27.2 Å². The molecule has 2 N–H and O–H groups in total. The summed E-state index contributed by atoms with van der Waals surface area (Å²) in [5.74, 6) is 0.368. The van der Waals surface area contributed by atoms with Gasteiger partial charge in [0.15, 0.2) is 0 Å². The zero-order valence-electron chi connectivity index (χ0n) is 14.1. The molecule has 0 unspecified atom stereocenters. The predicted octanol–water partition coefficient (Wildman–Crippen LogP) is 1.78. The lowest BCUT2D eigenvalue weighted by atomic mass is 10.1. The molecule has 1 aliphatic rings. The van der Waals surface area contributed by atoms with E-state index < -0.39 is 0 Å². The molecule has 1 aromatic rings. The molecular formula is C18H27N3O2. The SMILES string of the molecule is CNCCN(C)C(=O)c1ccc(CNC(=O)C2CCCC2)cc1. The van der Waals surface area contributed by atoms with Crippen LogP contribution in [0.5, 0.6) is 0 Å². The normalized spacial score (nSPS) is 14.7. The number of nitrogens with one attached hydrogen (secondary N) is 2. The third-order valence-electron chi connectivity index (χ3n) is 4.44. The monoisotopic (exact) mass is 317 g/mol. The van der Waals surface area contributed by atoms with E-state index in [1.165, 1.54) is 0 Å². The van der Waals surface area contributed by atoms with Crippen molar-refractivity contribution in [2.45, 2.75) is 32.2 Å². The lowest BCUT2D eigenvalue weighted by Gasteiger charge is -2.17. The summed E-state index contributed by atoms with van der Waals surface area (Å²) in [5, 5.41) is 6.03. The Morgan fingerprint density at radius 3 is 2.43 bits per heavy atom. The maximum atomic E-state index is 12.2. The first-order chi connectivity index (χ1) is 11.1. The van der Waals surface area contributed by atoms with Gasteiger partial charge in [-0.05, 0) is 37.6 Å². The van der Waals surface area contributed by atoms with Crippen molar-refractivity contribution in [3.8, 4) is 0 Å². The minimum absolute atomic E-state index is 0.0155. The molecule has 0 heterocycles. The minimum Gasteiger partial charge on any atom is -0.352 e. The van der Waals surface area contributed by atoms with Crippen LogP contribution in [0.3, 0.4) is 0 Å². The molecule has 2 amide bonds. The largest absolute Gasteiger partial charge is 0.352 e. The molecular weight excluding hydrogens is 290 g/mol. The minimum atomic E-state index is 0.0155. The quantitative estimate of drug-likeness (QED) is 0.806. The molecule has 126 valence electrons. The van der Waals surface area contributed by atoms with Gasteiger partial charge in [0.2, 0.25) is 5.91 Å². The molecule has 0 aliphatic heterocycles. The molecule has 0 spiro atoms. The van der Waals surface area contributed by atoms with E-state index in [4.69, 9.17) is 0 Å².